The third-order valence-corrected chi connectivity index (χ3v) is 3.68. The van der Waals surface area contributed by atoms with Crippen LogP contribution in [0.25, 0.3) is 0 Å². The van der Waals surface area contributed by atoms with Gasteiger partial charge in [0, 0.05) is 0 Å². The van der Waals surface area contributed by atoms with Gasteiger partial charge in [0.1, 0.15) is 18.2 Å². The molecule has 0 spiro atoms. The largest absolute Gasteiger partial charge is 0.491 e. The molecule has 1 N–H and O–H groups in total. The van der Waals surface area contributed by atoms with Crippen molar-refractivity contribution in [2.45, 2.75) is 26.3 Å². The maximum Gasteiger partial charge on any atom is 0.123 e. The minimum atomic E-state index is -0.236. The third-order valence-electron chi connectivity index (χ3n) is 3.68. The molecule has 2 nitrogen and oxygen atoms in total. The molecule has 0 radical (unpaired) electrons. The van der Waals surface area contributed by atoms with E-state index < -0.39 is 0 Å². The summed E-state index contributed by atoms with van der Waals surface area (Å²) in [6.07, 6.45) is 1.04. The molecule has 0 saturated carbocycles. The molecule has 0 aliphatic carbocycles. The highest BCUT2D eigenvalue weighted by Gasteiger charge is 2.11. The Morgan fingerprint density at radius 3 is 2.43 bits per heavy atom. The second-order valence-electron chi connectivity index (χ2n) is 5.16. The summed E-state index contributed by atoms with van der Waals surface area (Å²) >= 11 is 0. The number of aryl methyl sites for hydroxylation is 2. The number of nitrogens with one attached hydrogen (secondary N) is 1. The van der Waals surface area contributed by atoms with Crippen molar-refractivity contribution in [3.63, 3.8) is 0 Å². The van der Waals surface area contributed by atoms with Gasteiger partial charge in [-0.2, -0.15) is 0 Å². The molecule has 21 heavy (non-hydrogen) atoms. The maximum atomic E-state index is 13.1. The van der Waals surface area contributed by atoms with Crippen molar-refractivity contribution in [2.75, 3.05) is 13.7 Å². The molecule has 0 aliphatic heterocycles. The van der Waals surface area contributed by atoms with E-state index in [1.54, 1.807) is 6.07 Å². The van der Waals surface area contributed by atoms with Crippen LogP contribution in [-0.4, -0.2) is 13.7 Å². The van der Waals surface area contributed by atoms with Crippen LogP contribution in [0.3, 0.4) is 0 Å². The van der Waals surface area contributed by atoms with Crippen molar-refractivity contribution in [2.24, 2.45) is 0 Å². The van der Waals surface area contributed by atoms with E-state index in [1.165, 1.54) is 23.3 Å². The average molecular weight is 287 g/mol. The van der Waals surface area contributed by atoms with Gasteiger partial charge in [-0.05, 0) is 55.3 Å². The van der Waals surface area contributed by atoms with Crippen LogP contribution in [0, 0.1) is 12.7 Å². The number of ether oxygens (including phenoxy) is 1. The lowest BCUT2D eigenvalue weighted by atomic mass is 10.0. The van der Waals surface area contributed by atoms with E-state index in [1.807, 2.05) is 14.0 Å². The van der Waals surface area contributed by atoms with E-state index in [0.29, 0.717) is 6.61 Å². The maximum absolute atomic E-state index is 13.1. The van der Waals surface area contributed by atoms with Crippen molar-refractivity contribution >= 4 is 0 Å². The number of likely N-dealkylation sites (N-methyl/N-ethyl adjacent to an activating group) is 1. The van der Waals surface area contributed by atoms with Crippen molar-refractivity contribution in [3.8, 4) is 5.75 Å². The normalized spacial score (nSPS) is 12.2. The van der Waals surface area contributed by atoms with Crippen LogP contribution in [0.1, 0.15) is 29.7 Å². The van der Waals surface area contributed by atoms with Crippen LogP contribution >= 0.6 is 0 Å². The van der Waals surface area contributed by atoms with Gasteiger partial charge in [0.25, 0.3) is 0 Å². The summed E-state index contributed by atoms with van der Waals surface area (Å²) in [5.41, 5.74) is 3.32. The van der Waals surface area contributed by atoms with Crippen LogP contribution in [-0.2, 0) is 6.42 Å². The highest BCUT2D eigenvalue weighted by molar-refractivity contribution is 5.33. The molecule has 0 bridgehead atoms. The summed E-state index contributed by atoms with van der Waals surface area (Å²) < 4.78 is 18.9. The number of benzene rings is 2. The predicted octanol–water partition coefficient (Wildman–Crippen LogP) is 4.04. The van der Waals surface area contributed by atoms with Crippen LogP contribution in [0.5, 0.6) is 5.75 Å². The van der Waals surface area contributed by atoms with E-state index in [2.05, 4.69) is 36.5 Å². The molecule has 2 rings (SSSR count). The Labute approximate surface area is 126 Å². The molecule has 0 amide bonds. The van der Waals surface area contributed by atoms with E-state index >= 15 is 0 Å². The molecule has 2 aromatic carbocycles. The molecular formula is C18H22FNO. The summed E-state index contributed by atoms with van der Waals surface area (Å²) in [6, 6.07) is 13.2. The van der Waals surface area contributed by atoms with Gasteiger partial charge in [-0.15, -0.1) is 0 Å². The molecule has 0 fully saturated rings. The lowest BCUT2D eigenvalue weighted by Crippen LogP contribution is -2.23. The summed E-state index contributed by atoms with van der Waals surface area (Å²) in [7, 11) is 1.92. The lowest BCUT2D eigenvalue weighted by molar-refractivity contribution is 0.271. The molecule has 112 valence electrons. The van der Waals surface area contributed by atoms with Crippen LogP contribution in [0.2, 0.25) is 0 Å². The van der Waals surface area contributed by atoms with E-state index in [-0.39, 0.29) is 11.9 Å². The molecule has 2 aromatic rings. The first kappa shape index (κ1) is 15.5. The zero-order valence-corrected chi connectivity index (χ0v) is 12.8. The minimum absolute atomic E-state index is 0.111. The summed E-state index contributed by atoms with van der Waals surface area (Å²) in [6.45, 7) is 4.50. The SMILES string of the molecule is CCc1ccc(C(COc2ccc(F)cc2C)NC)cc1. The standard InChI is InChI=1S/C18H22FNO/c1-4-14-5-7-15(8-6-14)17(20-3)12-21-18-10-9-16(19)11-13(18)2/h5-11,17,20H,4,12H2,1-3H3. The van der Waals surface area contributed by atoms with Gasteiger partial charge in [-0.3, -0.25) is 0 Å². The molecule has 0 aliphatic rings. The van der Waals surface area contributed by atoms with Gasteiger partial charge < -0.3 is 10.1 Å². The van der Waals surface area contributed by atoms with Crippen molar-refractivity contribution in [3.05, 3.63) is 65.0 Å². The number of halogens is 1. The van der Waals surface area contributed by atoms with Crippen molar-refractivity contribution in [1.29, 1.82) is 0 Å². The van der Waals surface area contributed by atoms with Gasteiger partial charge in [-0.25, -0.2) is 4.39 Å². The first-order valence-corrected chi connectivity index (χ1v) is 7.29. The molecule has 0 saturated heterocycles. The van der Waals surface area contributed by atoms with Crippen LogP contribution in [0.15, 0.2) is 42.5 Å². The topological polar surface area (TPSA) is 21.3 Å². The minimum Gasteiger partial charge on any atom is -0.491 e. The Kier molecular flexibility index (Phi) is 5.34. The van der Waals surface area contributed by atoms with Crippen molar-refractivity contribution in [1.82, 2.24) is 5.32 Å². The summed E-state index contributed by atoms with van der Waals surface area (Å²) in [4.78, 5) is 0. The fraction of sp³-hybridized carbons (Fsp3) is 0.333. The summed E-state index contributed by atoms with van der Waals surface area (Å²) in [5.74, 6) is 0.488. The zero-order chi connectivity index (χ0) is 15.2. The van der Waals surface area contributed by atoms with Crippen molar-refractivity contribution < 1.29 is 9.13 Å². The Hall–Kier alpha value is -1.87. The number of rotatable bonds is 6. The lowest BCUT2D eigenvalue weighted by Gasteiger charge is -2.18. The van der Waals surface area contributed by atoms with Gasteiger partial charge in [0.05, 0.1) is 6.04 Å². The van der Waals surface area contributed by atoms with E-state index in [0.717, 1.165) is 17.7 Å². The molecule has 3 heteroatoms. The van der Waals surface area contributed by atoms with Gasteiger partial charge in [0.2, 0.25) is 0 Å². The fourth-order valence-electron chi connectivity index (χ4n) is 2.28. The fourth-order valence-corrected chi connectivity index (χ4v) is 2.28. The molecule has 0 aromatic heterocycles. The average Bonchev–Trinajstić information content (AvgIpc) is 2.50. The number of hydrogen-bond acceptors (Lipinski definition) is 2. The van der Waals surface area contributed by atoms with Gasteiger partial charge in [-0.1, -0.05) is 31.2 Å². The number of hydrogen-bond donors (Lipinski definition) is 1. The Balaban J connectivity index is 2.04. The monoisotopic (exact) mass is 287 g/mol. The van der Waals surface area contributed by atoms with Crippen LogP contribution in [0.4, 0.5) is 4.39 Å². The van der Waals surface area contributed by atoms with Gasteiger partial charge >= 0.3 is 0 Å². The first-order chi connectivity index (χ1) is 10.1. The Morgan fingerprint density at radius 2 is 1.86 bits per heavy atom. The van der Waals surface area contributed by atoms with E-state index in [4.69, 9.17) is 4.74 Å². The zero-order valence-electron chi connectivity index (χ0n) is 12.8. The molecular weight excluding hydrogens is 265 g/mol. The van der Waals surface area contributed by atoms with E-state index in [9.17, 15) is 4.39 Å². The summed E-state index contributed by atoms with van der Waals surface area (Å²) in [5, 5.41) is 3.26. The molecule has 0 heterocycles. The van der Waals surface area contributed by atoms with Crippen LogP contribution < -0.4 is 10.1 Å². The first-order valence-electron chi connectivity index (χ1n) is 7.29. The Morgan fingerprint density at radius 1 is 1.14 bits per heavy atom. The molecule has 1 unspecified atom stereocenters. The third kappa shape index (κ3) is 4.05. The Bertz CT molecular complexity index is 580. The van der Waals surface area contributed by atoms with Gasteiger partial charge in [0.15, 0.2) is 0 Å². The smallest absolute Gasteiger partial charge is 0.123 e. The predicted molar refractivity (Wildman–Crippen MR) is 84.3 cm³/mol. The molecule has 1 atom stereocenters. The quantitative estimate of drug-likeness (QED) is 0.866. The highest BCUT2D eigenvalue weighted by Crippen LogP contribution is 2.21. The second kappa shape index (κ2) is 7.23. The highest BCUT2D eigenvalue weighted by atomic mass is 19.1. The second-order valence-corrected chi connectivity index (χ2v) is 5.16.